The quantitative estimate of drug-likeness (QED) is 0.196. The van der Waals surface area contributed by atoms with Gasteiger partial charge in [0.15, 0.2) is 8.32 Å². The number of ether oxygens (including phenoxy) is 1. The second kappa shape index (κ2) is 13.1. The van der Waals surface area contributed by atoms with Gasteiger partial charge in [-0.1, -0.05) is 50.6 Å². The Labute approximate surface area is 268 Å². The van der Waals surface area contributed by atoms with Crippen LogP contribution in [0, 0.1) is 5.92 Å². The van der Waals surface area contributed by atoms with Crippen LogP contribution in [0.25, 0.3) is 11.1 Å². The Morgan fingerprint density at radius 2 is 1.45 bits per heavy atom. The molecule has 6 nitrogen and oxygen atoms in total. The van der Waals surface area contributed by atoms with E-state index in [4.69, 9.17) is 20.8 Å². The highest BCUT2D eigenvalue weighted by Gasteiger charge is 2.42. The number of carboxylic acids is 1. The van der Waals surface area contributed by atoms with E-state index >= 15 is 0 Å². The summed E-state index contributed by atoms with van der Waals surface area (Å²) in [5.41, 5.74) is 4.17. The van der Waals surface area contributed by atoms with E-state index in [1.54, 1.807) is 6.07 Å². The molecule has 1 unspecified atom stereocenters. The molecule has 0 bridgehead atoms. The molecular weight excluding hydrogens is 590 g/mol. The zero-order valence-corrected chi connectivity index (χ0v) is 29.0. The van der Waals surface area contributed by atoms with Gasteiger partial charge in [0.05, 0.1) is 17.2 Å². The first-order valence-corrected chi connectivity index (χ1v) is 18.6. The van der Waals surface area contributed by atoms with Gasteiger partial charge in [0.25, 0.3) is 0 Å². The van der Waals surface area contributed by atoms with Crippen molar-refractivity contribution in [3.8, 4) is 11.1 Å². The van der Waals surface area contributed by atoms with Crippen LogP contribution < -0.4 is 4.90 Å². The predicted molar refractivity (Wildman–Crippen MR) is 181 cm³/mol. The van der Waals surface area contributed by atoms with Gasteiger partial charge in [-0.25, -0.2) is 9.59 Å². The van der Waals surface area contributed by atoms with E-state index in [9.17, 15) is 14.7 Å². The summed E-state index contributed by atoms with van der Waals surface area (Å²) in [6, 6.07) is 20.7. The summed E-state index contributed by atoms with van der Waals surface area (Å²) in [7, 11) is -2.25. The van der Waals surface area contributed by atoms with Gasteiger partial charge in [-0.3, -0.25) is 0 Å². The topological polar surface area (TPSA) is 76.1 Å². The molecule has 1 atom stereocenters. The van der Waals surface area contributed by atoms with Crippen molar-refractivity contribution < 1.29 is 23.9 Å². The van der Waals surface area contributed by atoms with Crippen molar-refractivity contribution in [3.63, 3.8) is 0 Å². The highest BCUT2D eigenvalue weighted by Crippen LogP contribution is 2.46. The number of carboxylic acid groups (broad SMARTS) is 1. The molecule has 236 valence electrons. The fourth-order valence-electron chi connectivity index (χ4n) is 5.34. The van der Waals surface area contributed by atoms with Crippen LogP contribution in [0.3, 0.4) is 0 Å². The molecule has 8 heteroatoms. The fraction of sp³-hybridized carbons (Fsp3) is 0.444. The highest BCUT2D eigenvalue weighted by molar-refractivity contribution is 6.74. The Kier molecular flexibility index (Phi) is 10.0. The maximum atomic E-state index is 12.5. The number of rotatable bonds is 8. The Balaban J connectivity index is 1.65. The van der Waals surface area contributed by atoms with Crippen molar-refractivity contribution in [3.05, 3.63) is 88.4 Å². The molecule has 1 aliphatic rings. The van der Waals surface area contributed by atoms with E-state index in [1.807, 2.05) is 81.4 Å². The Morgan fingerprint density at radius 1 is 0.886 bits per heavy atom. The minimum Gasteiger partial charge on any atom is -0.478 e. The van der Waals surface area contributed by atoms with Crippen molar-refractivity contribution in [2.45, 2.75) is 84.2 Å². The zero-order chi connectivity index (χ0) is 32.4. The predicted octanol–water partition coefficient (Wildman–Crippen LogP) is 9.64. The van der Waals surface area contributed by atoms with Crippen molar-refractivity contribution >= 4 is 37.5 Å². The van der Waals surface area contributed by atoms with E-state index in [1.165, 1.54) is 0 Å². The molecule has 44 heavy (non-hydrogen) atoms. The summed E-state index contributed by atoms with van der Waals surface area (Å²) in [6.45, 7) is 18.4. The first-order valence-electron chi connectivity index (χ1n) is 15.3. The van der Waals surface area contributed by atoms with Gasteiger partial charge in [0, 0.05) is 23.8 Å². The summed E-state index contributed by atoms with van der Waals surface area (Å²) in [5.74, 6) is -1.09. The molecule has 1 saturated heterocycles. The SMILES string of the molecule is CC(C)(C)OC(=O)c1ccc(N2CCC(C(O[Si](C)(C)C(C)(C)C)c3cc(C(=O)O)ccc3-c3ccc(Cl)cc3)CC2)cc1. The molecule has 1 N–H and O–H groups in total. The van der Waals surface area contributed by atoms with Crippen LogP contribution in [-0.4, -0.2) is 44.1 Å². The van der Waals surface area contributed by atoms with Crippen molar-refractivity contribution in [1.29, 1.82) is 0 Å². The first-order chi connectivity index (χ1) is 20.4. The van der Waals surface area contributed by atoms with Gasteiger partial charge in [-0.15, -0.1) is 0 Å². The van der Waals surface area contributed by atoms with Gasteiger partial charge in [-0.2, -0.15) is 0 Å². The van der Waals surface area contributed by atoms with E-state index in [-0.39, 0.29) is 28.6 Å². The number of benzene rings is 3. The van der Waals surface area contributed by atoms with Gasteiger partial charge in [0.1, 0.15) is 5.60 Å². The number of esters is 1. The summed E-state index contributed by atoms with van der Waals surface area (Å²) < 4.78 is 12.7. The molecule has 1 heterocycles. The second-order valence-electron chi connectivity index (χ2n) is 14.3. The number of aromatic carboxylic acids is 1. The van der Waals surface area contributed by atoms with Crippen LogP contribution in [0.5, 0.6) is 0 Å². The van der Waals surface area contributed by atoms with Crippen LogP contribution >= 0.6 is 11.6 Å². The lowest BCUT2D eigenvalue weighted by molar-refractivity contribution is 0.00693. The molecule has 0 aromatic heterocycles. The van der Waals surface area contributed by atoms with E-state index in [2.05, 4.69) is 38.8 Å². The molecular formula is C36H46ClNO5Si. The lowest BCUT2D eigenvalue weighted by Crippen LogP contribution is -2.45. The van der Waals surface area contributed by atoms with Gasteiger partial charge >= 0.3 is 11.9 Å². The number of hydrogen-bond donors (Lipinski definition) is 1. The number of carbonyl (C=O) groups excluding carboxylic acids is 1. The van der Waals surface area contributed by atoms with Crippen LogP contribution in [-0.2, 0) is 9.16 Å². The lowest BCUT2D eigenvalue weighted by atomic mass is 9.83. The van der Waals surface area contributed by atoms with Crippen molar-refractivity contribution in [1.82, 2.24) is 0 Å². The molecule has 0 spiro atoms. The van der Waals surface area contributed by atoms with Crippen molar-refractivity contribution in [2.24, 2.45) is 5.92 Å². The minimum atomic E-state index is -2.25. The summed E-state index contributed by atoms with van der Waals surface area (Å²) in [4.78, 5) is 27.0. The average Bonchev–Trinajstić information content (AvgIpc) is 2.95. The molecule has 3 aromatic rings. The summed E-state index contributed by atoms with van der Waals surface area (Å²) in [5, 5.41) is 10.6. The smallest absolute Gasteiger partial charge is 0.338 e. The standard InChI is InChI=1S/C36H46ClNO5Si/c1-35(2,3)42-34(41)26-11-16-29(17-12-26)38-21-19-25(20-22-38)32(43-44(7,8)36(4,5)6)31-23-27(33(39)40)13-18-30(31)24-9-14-28(37)15-10-24/h9-18,23,25,32H,19-22H2,1-8H3,(H,39,40). The molecule has 1 fully saturated rings. The third-order valence-corrected chi connectivity index (χ3v) is 13.5. The molecule has 1 aliphatic heterocycles. The highest BCUT2D eigenvalue weighted by atomic mass is 35.5. The molecule has 0 radical (unpaired) electrons. The minimum absolute atomic E-state index is 0.0212. The van der Waals surface area contributed by atoms with E-state index < -0.39 is 19.9 Å². The van der Waals surface area contributed by atoms with Crippen LogP contribution in [0.15, 0.2) is 66.7 Å². The Morgan fingerprint density at radius 3 is 1.98 bits per heavy atom. The van der Waals surface area contributed by atoms with Crippen LogP contribution in [0.2, 0.25) is 23.2 Å². The second-order valence-corrected chi connectivity index (χ2v) is 19.5. The van der Waals surface area contributed by atoms with Crippen molar-refractivity contribution in [2.75, 3.05) is 18.0 Å². The summed E-state index contributed by atoms with van der Waals surface area (Å²) >= 11 is 6.22. The van der Waals surface area contributed by atoms with E-state index in [0.717, 1.165) is 48.3 Å². The lowest BCUT2D eigenvalue weighted by Gasteiger charge is -2.44. The molecule has 4 rings (SSSR count). The largest absolute Gasteiger partial charge is 0.478 e. The number of hydrogen-bond acceptors (Lipinski definition) is 5. The third-order valence-electron chi connectivity index (χ3n) is 8.82. The zero-order valence-electron chi connectivity index (χ0n) is 27.2. The fourth-order valence-corrected chi connectivity index (χ4v) is 6.77. The van der Waals surface area contributed by atoms with Crippen LogP contribution in [0.1, 0.15) is 86.8 Å². The third kappa shape index (κ3) is 8.12. The van der Waals surface area contributed by atoms with Gasteiger partial charge in [-0.05, 0) is 123 Å². The van der Waals surface area contributed by atoms with E-state index in [0.29, 0.717) is 10.6 Å². The number of halogens is 1. The number of anilines is 1. The molecule has 0 saturated carbocycles. The Bertz CT molecular complexity index is 1460. The summed E-state index contributed by atoms with van der Waals surface area (Å²) in [6.07, 6.45) is 1.49. The maximum absolute atomic E-state index is 12.5. The average molecular weight is 636 g/mol. The normalized spacial score (nSPS) is 15.6. The first kappa shape index (κ1) is 33.8. The monoisotopic (exact) mass is 635 g/mol. The number of piperidine rings is 1. The molecule has 3 aromatic carbocycles. The van der Waals surface area contributed by atoms with Crippen LogP contribution in [0.4, 0.5) is 5.69 Å². The Hall–Kier alpha value is -3.13. The number of nitrogens with zero attached hydrogens (tertiary/aromatic N) is 1. The van der Waals surface area contributed by atoms with Gasteiger partial charge < -0.3 is 19.2 Å². The number of carbonyl (C=O) groups is 2. The molecule has 0 aliphatic carbocycles. The molecule has 0 amide bonds. The van der Waals surface area contributed by atoms with Gasteiger partial charge in [0.2, 0.25) is 0 Å². The maximum Gasteiger partial charge on any atom is 0.338 e.